The van der Waals surface area contributed by atoms with Crippen LogP contribution >= 0.6 is 0 Å². The lowest BCUT2D eigenvalue weighted by Crippen LogP contribution is -2.41. The van der Waals surface area contributed by atoms with Crippen molar-refractivity contribution in [2.24, 2.45) is 16.8 Å². The van der Waals surface area contributed by atoms with Gasteiger partial charge in [-0.2, -0.15) is 0 Å². The summed E-state index contributed by atoms with van der Waals surface area (Å²) in [7, 11) is 4.18. The molecule has 2 unspecified atom stereocenters. The van der Waals surface area contributed by atoms with Crippen molar-refractivity contribution in [3.8, 4) is 0 Å². The zero-order chi connectivity index (χ0) is 16.8. The van der Waals surface area contributed by atoms with Crippen molar-refractivity contribution in [1.82, 2.24) is 20.0 Å². The van der Waals surface area contributed by atoms with Gasteiger partial charge in [0.1, 0.15) is 0 Å². The first-order valence-corrected chi connectivity index (χ1v) is 10.1. The van der Waals surface area contributed by atoms with E-state index in [0.717, 1.165) is 24.3 Å². The Morgan fingerprint density at radius 1 is 1.00 bits per heavy atom. The molecule has 1 aliphatic carbocycles. The molecule has 1 saturated carbocycles. The van der Waals surface area contributed by atoms with Crippen LogP contribution in [0.25, 0.3) is 0 Å². The molecule has 3 aliphatic rings. The molecule has 2 aliphatic heterocycles. The Balaban J connectivity index is 1.36. The molecule has 3 rings (SSSR count). The van der Waals surface area contributed by atoms with Crippen molar-refractivity contribution in [2.45, 2.75) is 38.5 Å². The Morgan fingerprint density at radius 3 is 2.46 bits per heavy atom. The van der Waals surface area contributed by atoms with Crippen molar-refractivity contribution in [3.63, 3.8) is 0 Å². The fraction of sp³-hybridized carbons (Fsp3) is 0.947. The minimum atomic E-state index is 0.923. The Bertz CT molecular complexity index is 397. The highest BCUT2D eigenvalue weighted by Gasteiger charge is 2.35. The van der Waals surface area contributed by atoms with Gasteiger partial charge in [0, 0.05) is 39.8 Å². The van der Waals surface area contributed by atoms with Gasteiger partial charge in [-0.15, -0.1) is 0 Å². The van der Waals surface area contributed by atoms with Crippen LogP contribution in [0.4, 0.5) is 0 Å². The van der Waals surface area contributed by atoms with E-state index in [2.05, 4.69) is 32.1 Å². The molecular weight excluding hydrogens is 298 g/mol. The molecule has 138 valence electrons. The molecular formula is C19H37N5. The molecule has 1 N–H and O–H groups in total. The van der Waals surface area contributed by atoms with Crippen LogP contribution in [-0.4, -0.2) is 87.1 Å². The van der Waals surface area contributed by atoms with Gasteiger partial charge in [0.15, 0.2) is 5.96 Å². The molecule has 0 bridgehead atoms. The summed E-state index contributed by atoms with van der Waals surface area (Å²) < 4.78 is 0. The number of guanidine groups is 1. The van der Waals surface area contributed by atoms with Gasteiger partial charge in [0.05, 0.1) is 0 Å². The number of fused-ring (bicyclic) bond motifs is 1. The van der Waals surface area contributed by atoms with Crippen LogP contribution in [-0.2, 0) is 0 Å². The van der Waals surface area contributed by atoms with Crippen molar-refractivity contribution < 1.29 is 0 Å². The molecule has 5 nitrogen and oxygen atoms in total. The first-order chi connectivity index (χ1) is 11.8. The Hall–Kier alpha value is -0.810. The average Bonchev–Trinajstić information content (AvgIpc) is 2.91. The summed E-state index contributed by atoms with van der Waals surface area (Å²) in [4.78, 5) is 12.1. The van der Waals surface area contributed by atoms with E-state index in [1.165, 1.54) is 84.3 Å². The van der Waals surface area contributed by atoms with E-state index in [9.17, 15) is 0 Å². The summed E-state index contributed by atoms with van der Waals surface area (Å²) in [5.41, 5.74) is 0. The van der Waals surface area contributed by atoms with Gasteiger partial charge in [0.25, 0.3) is 0 Å². The lowest BCUT2D eigenvalue weighted by molar-refractivity contribution is 0.273. The van der Waals surface area contributed by atoms with E-state index >= 15 is 0 Å². The number of hydrogen-bond acceptors (Lipinski definition) is 3. The normalized spacial score (nSPS) is 30.2. The standard InChI is InChI=1S/C19H37N5/c1-20-19(24-15-17-7-3-4-8-18(17)16-24)21-9-5-11-23-12-6-10-22(2)13-14-23/h17-18H,3-16H2,1-2H3,(H,20,21). The van der Waals surface area contributed by atoms with E-state index in [1.54, 1.807) is 0 Å². The van der Waals surface area contributed by atoms with Gasteiger partial charge in [-0.3, -0.25) is 4.99 Å². The molecule has 2 atom stereocenters. The molecule has 5 heteroatoms. The van der Waals surface area contributed by atoms with Crippen LogP contribution in [0, 0.1) is 11.8 Å². The molecule has 0 radical (unpaired) electrons. The molecule has 0 spiro atoms. The van der Waals surface area contributed by atoms with Crippen molar-refractivity contribution in [2.75, 3.05) is 66.5 Å². The predicted molar refractivity (Wildman–Crippen MR) is 102 cm³/mol. The SMILES string of the molecule is CN=C(NCCCN1CCCN(C)CC1)N1CC2CCCCC2C1. The van der Waals surface area contributed by atoms with E-state index in [4.69, 9.17) is 0 Å². The molecule has 2 saturated heterocycles. The quantitative estimate of drug-likeness (QED) is 0.482. The first kappa shape index (κ1) is 18.0. The van der Waals surface area contributed by atoms with Gasteiger partial charge in [0.2, 0.25) is 0 Å². The largest absolute Gasteiger partial charge is 0.356 e. The maximum Gasteiger partial charge on any atom is 0.193 e. The van der Waals surface area contributed by atoms with E-state index in [-0.39, 0.29) is 0 Å². The number of nitrogens with one attached hydrogen (secondary N) is 1. The third-order valence-corrected chi connectivity index (χ3v) is 6.23. The van der Waals surface area contributed by atoms with Crippen LogP contribution in [0.3, 0.4) is 0 Å². The number of rotatable bonds is 4. The fourth-order valence-electron chi connectivity index (χ4n) is 4.74. The van der Waals surface area contributed by atoms with E-state index < -0.39 is 0 Å². The summed E-state index contributed by atoms with van der Waals surface area (Å²) in [6, 6.07) is 0. The van der Waals surface area contributed by atoms with Crippen LogP contribution in [0.5, 0.6) is 0 Å². The number of likely N-dealkylation sites (N-methyl/N-ethyl adjacent to an activating group) is 1. The van der Waals surface area contributed by atoms with Gasteiger partial charge in [-0.05, 0) is 64.2 Å². The monoisotopic (exact) mass is 335 g/mol. The number of likely N-dealkylation sites (tertiary alicyclic amines) is 1. The van der Waals surface area contributed by atoms with Gasteiger partial charge in [-0.1, -0.05) is 12.8 Å². The Kier molecular flexibility index (Phi) is 6.78. The fourth-order valence-corrected chi connectivity index (χ4v) is 4.74. The molecule has 0 amide bonds. The highest BCUT2D eigenvalue weighted by Crippen LogP contribution is 2.35. The second kappa shape index (κ2) is 9.04. The predicted octanol–water partition coefficient (Wildman–Crippen LogP) is 1.71. The zero-order valence-electron chi connectivity index (χ0n) is 15.8. The minimum Gasteiger partial charge on any atom is -0.356 e. The number of hydrogen-bond donors (Lipinski definition) is 1. The van der Waals surface area contributed by atoms with Crippen molar-refractivity contribution >= 4 is 5.96 Å². The first-order valence-electron chi connectivity index (χ1n) is 10.1. The number of aliphatic imine (C=N–C) groups is 1. The minimum absolute atomic E-state index is 0.923. The maximum atomic E-state index is 4.55. The van der Waals surface area contributed by atoms with Gasteiger partial charge in [-0.25, -0.2) is 0 Å². The lowest BCUT2D eigenvalue weighted by atomic mass is 9.82. The molecule has 0 aromatic rings. The van der Waals surface area contributed by atoms with Gasteiger partial charge < -0.3 is 20.0 Å². The molecule has 24 heavy (non-hydrogen) atoms. The summed E-state index contributed by atoms with van der Waals surface area (Å²) in [6.45, 7) is 9.65. The Morgan fingerprint density at radius 2 is 1.75 bits per heavy atom. The summed E-state index contributed by atoms with van der Waals surface area (Å²) >= 11 is 0. The van der Waals surface area contributed by atoms with Crippen LogP contribution in [0.1, 0.15) is 38.5 Å². The molecule has 2 heterocycles. The summed E-state index contributed by atoms with van der Waals surface area (Å²) in [6.07, 6.45) is 8.26. The Labute approximate surface area is 148 Å². The maximum absolute atomic E-state index is 4.55. The smallest absolute Gasteiger partial charge is 0.193 e. The average molecular weight is 336 g/mol. The van der Waals surface area contributed by atoms with Gasteiger partial charge >= 0.3 is 0 Å². The van der Waals surface area contributed by atoms with E-state index in [1.807, 2.05) is 7.05 Å². The second-order valence-corrected chi connectivity index (χ2v) is 8.04. The molecule has 3 fully saturated rings. The summed E-state index contributed by atoms with van der Waals surface area (Å²) in [5.74, 6) is 2.98. The second-order valence-electron chi connectivity index (χ2n) is 8.04. The van der Waals surface area contributed by atoms with Crippen LogP contribution in [0.2, 0.25) is 0 Å². The highest BCUT2D eigenvalue weighted by atomic mass is 15.3. The highest BCUT2D eigenvalue weighted by molar-refractivity contribution is 5.80. The van der Waals surface area contributed by atoms with Crippen LogP contribution < -0.4 is 5.32 Å². The third-order valence-electron chi connectivity index (χ3n) is 6.23. The van der Waals surface area contributed by atoms with E-state index in [0.29, 0.717) is 0 Å². The lowest BCUT2D eigenvalue weighted by Gasteiger charge is -2.23. The van der Waals surface area contributed by atoms with Crippen molar-refractivity contribution in [1.29, 1.82) is 0 Å². The van der Waals surface area contributed by atoms with Crippen molar-refractivity contribution in [3.05, 3.63) is 0 Å². The van der Waals surface area contributed by atoms with Crippen LogP contribution in [0.15, 0.2) is 4.99 Å². The topological polar surface area (TPSA) is 34.1 Å². The molecule has 0 aromatic heterocycles. The molecule has 0 aromatic carbocycles. The third kappa shape index (κ3) is 4.85. The zero-order valence-corrected chi connectivity index (χ0v) is 15.8. The number of nitrogens with zero attached hydrogens (tertiary/aromatic N) is 4. The summed E-state index contributed by atoms with van der Waals surface area (Å²) in [5, 5.41) is 3.62.